The highest BCUT2D eigenvalue weighted by molar-refractivity contribution is 5.92. The van der Waals surface area contributed by atoms with Crippen molar-refractivity contribution in [2.75, 3.05) is 33.0 Å². The van der Waals surface area contributed by atoms with Crippen LogP contribution in [0.15, 0.2) is 24.3 Å². The van der Waals surface area contributed by atoms with Crippen molar-refractivity contribution in [2.24, 2.45) is 5.92 Å². The van der Waals surface area contributed by atoms with Crippen LogP contribution in [0.3, 0.4) is 0 Å². The van der Waals surface area contributed by atoms with E-state index in [0.717, 1.165) is 23.7 Å². The number of piperazine rings is 1. The van der Waals surface area contributed by atoms with Gasteiger partial charge in [0.05, 0.1) is 0 Å². The van der Waals surface area contributed by atoms with E-state index in [2.05, 4.69) is 0 Å². The van der Waals surface area contributed by atoms with Crippen LogP contribution in [0.4, 0.5) is 0 Å². The van der Waals surface area contributed by atoms with E-state index < -0.39 is 0 Å². The second kappa shape index (κ2) is 8.67. The van der Waals surface area contributed by atoms with Crippen molar-refractivity contribution in [1.82, 2.24) is 9.80 Å². The van der Waals surface area contributed by atoms with Crippen molar-refractivity contribution in [3.8, 4) is 11.5 Å². The molecule has 2 aliphatic heterocycles. The quantitative estimate of drug-likeness (QED) is 0.732. The van der Waals surface area contributed by atoms with E-state index in [4.69, 9.17) is 9.47 Å². The van der Waals surface area contributed by atoms with Gasteiger partial charge < -0.3 is 19.3 Å². The number of carbonyl (C=O) groups is 2. The summed E-state index contributed by atoms with van der Waals surface area (Å²) in [5.74, 6) is 2.41. The van der Waals surface area contributed by atoms with Gasteiger partial charge in [0.1, 0.15) is 0 Å². The van der Waals surface area contributed by atoms with E-state index in [0.29, 0.717) is 38.3 Å². The SMILES string of the molecule is O=C(/C=C/c1ccc2c(c1)OCO2)N1CCN(C(=O)CCC2CCCC2)CC1. The summed E-state index contributed by atoms with van der Waals surface area (Å²) < 4.78 is 10.7. The number of fused-ring (bicyclic) bond motifs is 1. The third-order valence-electron chi connectivity index (χ3n) is 6.00. The average Bonchev–Trinajstić information content (AvgIpc) is 3.41. The van der Waals surface area contributed by atoms with Crippen molar-refractivity contribution < 1.29 is 19.1 Å². The van der Waals surface area contributed by atoms with Crippen LogP contribution >= 0.6 is 0 Å². The zero-order valence-electron chi connectivity index (χ0n) is 16.3. The normalized spacial score (nSPS) is 19.6. The predicted molar refractivity (Wildman–Crippen MR) is 106 cm³/mol. The smallest absolute Gasteiger partial charge is 0.246 e. The first-order chi connectivity index (χ1) is 13.7. The van der Waals surface area contributed by atoms with Crippen LogP contribution in [0.1, 0.15) is 44.1 Å². The molecule has 3 aliphatic rings. The fraction of sp³-hybridized carbons (Fsp3) is 0.545. The topological polar surface area (TPSA) is 59.1 Å². The molecular formula is C22H28N2O4. The molecule has 28 heavy (non-hydrogen) atoms. The molecule has 1 aliphatic carbocycles. The molecule has 0 aromatic heterocycles. The van der Waals surface area contributed by atoms with E-state index in [9.17, 15) is 9.59 Å². The summed E-state index contributed by atoms with van der Waals surface area (Å²) in [5.41, 5.74) is 0.901. The number of hydrogen-bond donors (Lipinski definition) is 0. The van der Waals surface area contributed by atoms with Gasteiger partial charge in [-0.25, -0.2) is 0 Å². The van der Waals surface area contributed by atoms with Crippen LogP contribution in [0, 0.1) is 5.92 Å². The molecule has 6 nitrogen and oxygen atoms in total. The monoisotopic (exact) mass is 384 g/mol. The number of nitrogens with zero attached hydrogens (tertiary/aromatic N) is 2. The maximum Gasteiger partial charge on any atom is 0.246 e. The molecule has 6 heteroatoms. The molecule has 150 valence electrons. The van der Waals surface area contributed by atoms with E-state index in [1.807, 2.05) is 28.0 Å². The highest BCUT2D eigenvalue weighted by Gasteiger charge is 2.24. The Bertz CT molecular complexity index is 747. The van der Waals surface area contributed by atoms with Gasteiger partial charge in [-0.15, -0.1) is 0 Å². The van der Waals surface area contributed by atoms with Gasteiger partial charge >= 0.3 is 0 Å². The summed E-state index contributed by atoms with van der Waals surface area (Å²) in [6.45, 7) is 2.70. The lowest BCUT2D eigenvalue weighted by molar-refractivity contribution is -0.137. The first kappa shape index (κ1) is 18.8. The summed E-state index contributed by atoms with van der Waals surface area (Å²) in [5, 5.41) is 0. The maximum absolute atomic E-state index is 12.5. The van der Waals surface area contributed by atoms with Gasteiger partial charge in [-0.3, -0.25) is 9.59 Å². The van der Waals surface area contributed by atoms with Gasteiger partial charge in [0.2, 0.25) is 18.6 Å². The Balaban J connectivity index is 1.23. The summed E-state index contributed by atoms with van der Waals surface area (Å²) in [7, 11) is 0. The summed E-state index contributed by atoms with van der Waals surface area (Å²) in [6.07, 6.45) is 10.3. The Labute approximate surface area is 166 Å². The van der Waals surface area contributed by atoms with Crippen molar-refractivity contribution in [3.05, 3.63) is 29.8 Å². The Morgan fingerprint density at radius 3 is 2.50 bits per heavy atom. The molecule has 2 fully saturated rings. The molecule has 2 amide bonds. The minimum Gasteiger partial charge on any atom is -0.454 e. The molecule has 2 heterocycles. The molecule has 0 radical (unpaired) electrons. The lowest BCUT2D eigenvalue weighted by atomic mass is 10.0. The lowest BCUT2D eigenvalue weighted by Gasteiger charge is -2.34. The third kappa shape index (κ3) is 4.49. The van der Waals surface area contributed by atoms with E-state index in [-0.39, 0.29) is 18.6 Å². The number of amides is 2. The lowest BCUT2D eigenvalue weighted by Crippen LogP contribution is -2.50. The van der Waals surface area contributed by atoms with Crippen molar-refractivity contribution in [3.63, 3.8) is 0 Å². The first-order valence-electron chi connectivity index (χ1n) is 10.3. The van der Waals surface area contributed by atoms with Gasteiger partial charge in [0, 0.05) is 38.7 Å². The third-order valence-corrected chi connectivity index (χ3v) is 6.00. The second-order valence-electron chi connectivity index (χ2n) is 7.84. The van der Waals surface area contributed by atoms with Crippen molar-refractivity contribution in [1.29, 1.82) is 0 Å². The molecule has 1 aromatic carbocycles. The zero-order valence-corrected chi connectivity index (χ0v) is 16.3. The minimum atomic E-state index is -0.0179. The highest BCUT2D eigenvalue weighted by atomic mass is 16.7. The maximum atomic E-state index is 12.5. The van der Waals surface area contributed by atoms with Gasteiger partial charge in [0.25, 0.3) is 0 Å². The Morgan fingerprint density at radius 1 is 1.00 bits per heavy atom. The number of benzene rings is 1. The van der Waals surface area contributed by atoms with Gasteiger partial charge in [0.15, 0.2) is 11.5 Å². The number of carbonyl (C=O) groups excluding carboxylic acids is 2. The average molecular weight is 384 g/mol. The molecule has 0 bridgehead atoms. The highest BCUT2D eigenvalue weighted by Crippen LogP contribution is 2.33. The predicted octanol–water partition coefficient (Wildman–Crippen LogP) is 3.07. The fourth-order valence-corrected chi connectivity index (χ4v) is 4.25. The Kier molecular flexibility index (Phi) is 5.84. The number of hydrogen-bond acceptors (Lipinski definition) is 4. The van der Waals surface area contributed by atoms with Crippen LogP contribution in [-0.2, 0) is 9.59 Å². The molecule has 1 saturated heterocycles. The van der Waals surface area contributed by atoms with Crippen molar-refractivity contribution >= 4 is 17.9 Å². The molecule has 0 spiro atoms. The largest absolute Gasteiger partial charge is 0.454 e. The minimum absolute atomic E-state index is 0.0179. The summed E-state index contributed by atoms with van der Waals surface area (Å²) in [6, 6.07) is 5.62. The standard InChI is InChI=1S/C22H28N2O4/c25-21(9-6-17-3-1-2-4-17)23-11-13-24(14-12-23)22(26)10-7-18-5-8-19-20(15-18)28-16-27-19/h5,7-8,10,15,17H,1-4,6,9,11-14,16H2/b10-7+. The number of ether oxygens (including phenoxy) is 2. The molecule has 1 saturated carbocycles. The molecule has 0 atom stereocenters. The molecule has 4 rings (SSSR count). The molecule has 0 N–H and O–H groups in total. The van der Waals surface area contributed by atoms with Crippen LogP contribution in [-0.4, -0.2) is 54.6 Å². The van der Waals surface area contributed by atoms with Crippen LogP contribution in [0.2, 0.25) is 0 Å². The van der Waals surface area contributed by atoms with E-state index in [1.165, 1.54) is 25.7 Å². The van der Waals surface area contributed by atoms with E-state index in [1.54, 1.807) is 12.2 Å². The number of rotatable bonds is 5. The van der Waals surface area contributed by atoms with E-state index >= 15 is 0 Å². The fourth-order valence-electron chi connectivity index (χ4n) is 4.25. The van der Waals surface area contributed by atoms with Crippen molar-refractivity contribution in [2.45, 2.75) is 38.5 Å². The van der Waals surface area contributed by atoms with Gasteiger partial charge in [-0.1, -0.05) is 31.7 Å². The zero-order chi connectivity index (χ0) is 19.3. The van der Waals surface area contributed by atoms with Crippen LogP contribution < -0.4 is 9.47 Å². The first-order valence-corrected chi connectivity index (χ1v) is 10.3. The molecule has 1 aromatic rings. The van der Waals surface area contributed by atoms with Gasteiger partial charge in [-0.05, 0) is 36.1 Å². The van der Waals surface area contributed by atoms with Crippen LogP contribution in [0.25, 0.3) is 6.08 Å². The Hall–Kier alpha value is -2.50. The van der Waals surface area contributed by atoms with Gasteiger partial charge in [-0.2, -0.15) is 0 Å². The Morgan fingerprint density at radius 2 is 1.71 bits per heavy atom. The molecular weight excluding hydrogens is 356 g/mol. The van der Waals surface area contributed by atoms with Crippen LogP contribution in [0.5, 0.6) is 11.5 Å². The summed E-state index contributed by atoms with van der Waals surface area (Å²) >= 11 is 0. The second-order valence-corrected chi connectivity index (χ2v) is 7.84. The molecule has 0 unspecified atom stereocenters. The summed E-state index contributed by atoms with van der Waals surface area (Å²) in [4.78, 5) is 28.6.